The van der Waals surface area contributed by atoms with Crippen LogP contribution in [0, 0.1) is 6.92 Å². The third-order valence-electron chi connectivity index (χ3n) is 3.79. The molecular formula is C22H27NO5S. The van der Waals surface area contributed by atoms with E-state index in [1.807, 2.05) is 45.0 Å². The van der Waals surface area contributed by atoms with Crippen molar-refractivity contribution in [3.8, 4) is 11.5 Å². The molecule has 0 aliphatic rings. The molecule has 2 rings (SSSR count). The van der Waals surface area contributed by atoms with E-state index in [1.165, 1.54) is 5.56 Å². The summed E-state index contributed by atoms with van der Waals surface area (Å²) >= 11 is 1.58. The zero-order chi connectivity index (χ0) is 21.1. The third-order valence-corrected chi connectivity index (χ3v) is 4.80. The van der Waals surface area contributed by atoms with Gasteiger partial charge in [-0.25, -0.2) is 0 Å². The van der Waals surface area contributed by atoms with Crippen molar-refractivity contribution in [2.24, 2.45) is 0 Å². The van der Waals surface area contributed by atoms with E-state index in [9.17, 15) is 9.59 Å². The normalized spacial score (nSPS) is 10.3. The molecular weight excluding hydrogens is 390 g/mol. The summed E-state index contributed by atoms with van der Waals surface area (Å²) in [6.07, 6.45) is 0.239. The number of amides is 1. The number of rotatable bonds is 11. The van der Waals surface area contributed by atoms with Gasteiger partial charge in [0.25, 0.3) is 5.91 Å². The lowest BCUT2D eigenvalue weighted by Crippen LogP contribution is -2.21. The average Bonchev–Trinajstić information content (AvgIpc) is 2.70. The van der Waals surface area contributed by atoms with Crippen LogP contribution in [0.25, 0.3) is 0 Å². The second-order valence-electron chi connectivity index (χ2n) is 6.15. The SMILES string of the molecule is CCOc1ccc(NC(=O)COC(=O)CCSc2ccc(C)cc2)cc1OCC. The first-order valence-corrected chi connectivity index (χ1v) is 10.5. The second kappa shape index (κ2) is 12.0. The summed E-state index contributed by atoms with van der Waals surface area (Å²) < 4.78 is 16.1. The highest BCUT2D eigenvalue weighted by Gasteiger charge is 2.11. The lowest BCUT2D eigenvalue weighted by molar-refractivity contribution is -0.146. The van der Waals surface area contributed by atoms with Gasteiger partial charge in [0.2, 0.25) is 0 Å². The number of carbonyl (C=O) groups is 2. The van der Waals surface area contributed by atoms with Crippen LogP contribution in [0.2, 0.25) is 0 Å². The van der Waals surface area contributed by atoms with E-state index in [0.29, 0.717) is 36.2 Å². The molecule has 0 fully saturated rings. The standard InChI is InChI=1S/C22H27NO5S/c1-4-26-19-11-8-17(14-20(19)27-5-2)23-21(24)15-28-22(25)12-13-29-18-9-6-16(3)7-10-18/h6-11,14H,4-5,12-13,15H2,1-3H3,(H,23,24). The van der Waals surface area contributed by atoms with E-state index in [2.05, 4.69) is 5.32 Å². The summed E-state index contributed by atoms with van der Waals surface area (Å²) in [7, 11) is 0. The van der Waals surface area contributed by atoms with Crippen LogP contribution in [0.5, 0.6) is 11.5 Å². The van der Waals surface area contributed by atoms with Crippen molar-refractivity contribution >= 4 is 29.3 Å². The summed E-state index contributed by atoms with van der Waals surface area (Å²) in [5.74, 6) is 0.958. The van der Waals surface area contributed by atoms with E-state index in [1.54, 1.807) is 30.0 Å². The Hall–Kier alpha value is -2.67. The Bertz CT molecular complexity index is 807. The number of hydrogen-bond acceptors (Lipinski definition) is 6. The number of benzene rings is 2. The molecule has 0 heterocycles. The van der Waals surface area contributed by atoms with Crippen molar-refractivity contribution in [3.05, 3.63) is 48.0 Å². The van der Waals surface area contributed by atoms with Crippen LogP contribution >= 0.6 is 11.8 Å². The van der Waals surface area contributed by atoms with Crippen LogP contribution in [0.3, 0.4) is 0 Å². The first-order valence-electron chi connectivity index (χ1n) is 9.56. The fourth-order valence-electron chi connectivity index (χ4n) is 2.43. The van der Waals surface area contributed by atoms with E-state index in [0.717, 1.165) is 4.90 Å². The van der Waals surface area contributed by atoms with Gasteiger partial charge in [0.1, 0.15) is 0 Å². The molecule has 0 saturated carbocycles. The smallest absolute Gasteiger partial charge is 0.307 e. The van der Waals surface area contributed by atoms with Gasteiger partial charge in [-0.05, 0) is 45.0 Å². The maximum atomic E-state index is 12.1. The van der Waals surface area contributed by atoms with E-state index < -0.39 is 11.9 Å². The molecule has 0 atom stereocenters. The number of anilines is 1. The Morgan fingerprint density at radius 3 is 2.34 bits per heavy atom. The average molecular weight is 418 g/mol. The quantitative estimate of drug-likeness (QED) is 0.430. The highest BCUT2D eigenvalue weighted by molar-refractivity contribution is 7.99. The minimum atomic E-state index is -0.406. The van der Waals surface area contributed by atoms with E-state index in [4.69, 9.17) is 14.2 Å². The topological polar surface area (TPSA) is 73.9 Å². The predicted octanol–water partition coefficient (Wildman–Crippen LogP) is 4.46. The second-order valence-corrected chi connectivity index (χ2v) is 7.32. The number of aryl methyl sites for hydroxylation is 1. The monoisotopic (exact) mass is 417 g/mol. The molecule has 0 bridgehead atoms. The van der Waals surface area contributed by atoms with E-state index in [-0.39, 0.29) is 13.0 Å². The summed E-state index contributed by atoms with van der Waals surface area (Å²) in [5.41, 5.74) is 1.74. The van der Waals surface area contributed by atoms with Crippen LogP contribution in [0.1, 0.15) is 25.8 Å². The molecule has 1 amide bonds. The number of thioether (sulfide) groups is 1. The first kappa shape index (κ1) is 22.6. The van der Waals surface area contributed by atoms with Crippen LogP contribution in [-0.2, 0) is 14.3 Å². The largest absolute Gasteiger partial charge is 0.490 e. The van der Waals surface area contributed by atoms with Gasteiger partial charge < -0.3 is 19.5 Å². The Morgan fingerprint density at radius 2 is 1.66 bits per heavy atom. The van der Waals surface area contributed by atoms with Gasteiger partial charge in [0.15, 0.2) is 18.1 Å². The van der Waals surface area contributed by atoms with Gasteiger partial charge in [-0.1, -0.05) is 17.7 Å². The third kappa shape index (κ3) is 8.07. The lowest BCUT2D eigenvalue weighted by atomic mass is 10.2. The fraction of sp³-hybridized carbons (Fsp3) is 0.364. The minimum Gasteiger partial charge on any atom is -0.490 e. The number of esters is 1. The molecule has 2 aromatic rings. The first-order chi connectivity index (χ1) is 14.0. The van der Waals surface area contributed by atoms with Crippen molar-refractivity contribution in [3.63, 3.8) is 0 Å². The van der Waals surface area contributed by atoms with E-state index >= 15 is 0 Å². The Balaban J connectivity index is 1.75. The summed E-state index contributed by atoms with van der Waals surface area (Å²) in [5, 5.41) is 2.70. The molecule has 0 radical (unpaired) electrons. The molecule has 0 unspecified atom stereocenters. The van der Waals surface area contributed by atoms with Gasteiger partial charge in [0.05, 0.1) is 19.6 Å². The van der Waals surface area contributed by atoms with Gasteiger partial charge in [-0.3, -0.25) is 9.59 Å². The van der Waals surface area contributed by atoms with Crippen LogP contribution in [0.4, 0.5) is 5.69 Å². The molecule has 1 N–H and O–H groups in total. The highest BCUT2D eigenvalue weighted by atomic mass is 32.2. The van der Waals surface area contributed by atoms with Crippen molar-refractivity contribution in [1.82, 2.24) is 0 Å². The number of hydrogen-bond donors (Lipinski definition) is 1. The van der Waals surface area contributed by atoms with Gasteiger partial charge >= 0.3 is 5.97 Å². The van der Waals surface area contributed by atoms with Crippen LogP contribution in [-0.4, -0.2) is 37.4 Å². The summed E-state index contributed by atoms with van der Waals surface area (Å²) in [6, 6.07) is 13.2. The molecule has 0 saturated heterocycles. The lowest BCUT2D eigenvalue weighted by Gasteiger charge is -2.13. The Morgan fingerprint density at radius 1 is 0.966 bits per heavy atom. The zero-order valence-electron chi connectivity index (χ0n) is 17.0. The van der Waals surface area contributed by atoms with Crippen LogP contribution in [0.15, 0.2) is 47.4 Å². The molecule has 6 nitrogen and oxygen atoms in total. The number of nitrogens with one attached hydrogen (secondary N) is 1. The molecule has 2 aromatic carbocycles. The van der Waals surface area contributed by atoms with Crippen LogP contribution < -0.4 is 14.8 Å². The molecule has 29 heavy (non-hydrogen) atoms. The molecule has 0 spiro atoms. The van der Waals surface area contributed by atoms with Crippen molar-refractivity contribution in [2.75, 3.05) is 30.9 Å². The van der Waals surface area contributed by atoms with Crippen molar-refractivity contribution in [1.29, 1.82) is 0 Å². The molecule has 0 aliphatic heterocycles. The molecule has 0 aliphatic carbocycles. The zero-order valence-corrected chi connectivity index (χ0v) is 17.8. The Kier molecular flexibility index (Phi) is 9.37. The maximum Gasteiger partial charge on any atom is 0.307 e. The number of carbonyl (C=O) groups excluding carboxylic acids is 2. The van der Waals surface area contributed by atoms with Gasteiger partial charge in [-0.2, -0.15) is 0 Å². The minimum absolute atomic E-state index is 0.239. The molecule has 0 aromatic heterocycles. The maximum absolute atomic E-state index is 12.1. The molecule has 7 heteroatoms. The summed E-state index contributed by atoms with van der Waals surface area (Å²) in [6.45, 7) is 6.46. The highest BCUT2D eigenvalue weighted by Crippen LogP contribution is 2.30. The van der Waals surface area contributed by atoms with Gasteiger partial charge in [0, 0.05) is 22.4 Å². The number of ether oxygens (including phenoxy) is 3. The fourth-order valence-corrected chi connectivity index (χ4v) is 3.26. The Labute approximate surface area is 175 Å². The molecule has 156 valence electrons. The summed E-state index contributed by atoms with van der Waals surface area (Å²) in [4.78, 5) is 25.0. The van der Waals surface area contributed by atoms with Crippen molar-refractivity contribution < 1.29 is 23.8 Å². The van der Waals surface area contributed by atoms with Crippen molar-refractivity contribution in [2.45, 2.75) is 32.1 Å². The van der Waals surface area contributed by atoms with Gasteiger partial charge in [-0.15, -0.1) is 11.8 Å². The predicted molar refractivity (Wildman–Crippen MR) is 115 cm³/mol.